The van der Waals surface area contributed by atoms with E-state index in [0.717, 1.165) is 15.6 Å². The fraction of sp³-hybridized carbons (Fsp3) is 0.500. The fourth-order valence-corrected chi connectivity index (χ4v) is 2.73. The van der Waals surface area contributed by atoms with Crippen molar-refractivity contribution in [2.75, 3.05) is 7.11 Å². The molecule has 0 aliphatic heterocycles. The minimum Gasteiger partial charge on any atom is -0.463 e. The largest absolute Gasteiger partial charge is 0.463 e. The standard InChI is InChI=1S/C14H18N2O3S/c1-7-10(20-8(2)15-7)12-16-11(14(3,4)5)9(19-12)13(17)18-6/h1-6H3. The van der Waals surface area contributed by atoms with Crippen LogP contribution in [-0.2, 0) is 10.2 Å². The highest BCUT2D eigenvalue weighted by atomic mass is 32.1. The average molecular weight is 294 g/mol. The summed E-state index contributed by atoms with van der Waals surface area (Å²) in [6.07, 6.45) is 0. The van der Waals surface area contributed by atoms with Crippen LogP contribution in [0, 0.1) is 13.8 Å². The number of rotatable bonds is 2. The van der Waals surface area contributed by atoms with Gasteiger partial charge < -0.3 is 9.15 Å². The van der Waals surface area contributed by atoms with E-state index in [4.69, 9.17) is 9.15 Å². The molecule has 0 aromatic carbocycles. The van der Waals surface area contributed by atoms with E-state index < -0.39 is 5.97 Å². The van der Waals surface area contributed by atoms with E-state index in [1.807, 2.05) is 34.6 Å². The van der Waals surface area contributed by atoms with Gasteiger partial charge in [0.15, 0.2) is 0 Å². The third-order valence-electron chi connectivity index (χ3n) is 2.81. The fourth-order valence-electron chi connectivity index (χ4n) is 1.89. The van der Waals surface area contributed by atoms with Crippen LogP contribution in [-0.4, -0.2) is 23.0 Å². The maximum absolute atomic E-state index is 11.8. The Morgan fingerprint density at radius 1 is 1.25 bits per heavy atom. The second-order valence-corrected chi connectivity index (χ2v) is 6.79. The van der Waals surface area contributed by atoms with E-state index in [-0.39, 0.29) is 11.2 Å². The summed E-state index contributed by atoms with van der Waals surface area (Å²) >= 11 is 1.50. The van der Waals surface area contributed by atoms with Gasteiger partial charge in [-0.3, -0.25) is 0 Å². The summed E-state index contributed by atoms with van der Waals surface area (Å²) in [5, 5.41) is 0.938. The van der Waals surface area contributed by atoms with E-state index in [9.17, 15) is 4.79 Å². The maximum Gasteiger partial charge on any atom is 0.376 e. The molecule has 0 fully saturated rings. The summed E-state index contributed by atoms with van der Waals surface area (Å²) in [5.74, 6) is 0.0893. The number of methoxy groups -OCH3 is 1. The van der Waals surface area contributed by atoms with Gasteiger partial charge in [-0.25, -0.2) is 14.8 Å². The third kappa shape index (κ3) is 2.60. The monoisotopic (exact) mass is 294 g/mol. The molecule has 0 amide bonds. The Morgan fingerprint density at radius 3 is 2.35 bits per heavy atom. The van der Waals surface area contributed by atoms with E-state index in [1.54, 1.807) is 0 Å². The molecule has 0 bridgehead atoms. The van der Waals surface area contributed by atoms with Crippen molar-refractivity contribution in [2.45, 2.75) is 40.0 Å². The molecule has 0 unspecified atom stereocenters. The van der Waals surface area contributed by atoms with Crippen LogP contribution in [0.25, 0.3) is 10.8 Å². The topological polar surface area (TPSA) is 65.2 Å². The second kappa shape index (κ2) is 5.01. The molecule has 6 heteroatoms. The van der Waals surface area contributed by atoms with Crippen molar-refractivity contribution in [2.24, 2.45) is 0 Å². The number of oxazole rings is 1. The maximum atomic E-state index is 11.8. The Kier molecular flexibility index (Phi) is 3.69. The van der Waals surface area contributed by atoms with Crippen LogP contribution in [0.3, 0.4) is 0 Å². The number of aryl methyl sites for hydroxylation is 2. The molecule has 20 heavy (non-hydrogen) atoms. The SMILES string of the molecule is COC(=O)c1oc(-c2sc(C)nc2C)nc1C(C)(C)C. The zero-order valence-electron chi connectivity index (χ0n) is 12.5. The summed E-state index contributed by atoms with van der Waals surface area (Å²) in [6, 6.07) is 0. The first-order chi connectivity index (χ1) is 9.24. The third-order valence-corrected chi connectivity index (χ3v) is 3.87. The van der Waals surface area contributed by atoms with Gasteiger partial charge in [-0.2, -0.15) is 0 Å². The number of aromatic nitrogens is 2. The molecule has 0 atom stereocenters. The van der Waals surface area contributed by atoms with E-state index in [0.29, 0.717) is 11.6 Å². The molecular formula is C14H18N2O3S. The van der Waals surface area contributed by atoms with Crippen LogP contribution in [0.4, 0.5) is 0 Å². The van der Waals surface area contributed by atoms with Crippen LogP contribution in [0.2, 0.25) is 0 Å². The van der Waals surface area contributed by atoms with Gasteiger partial charge in [-0.1, -0.05) is 20.8 Å². The zero-order chi connectivity index (χ0) is 15.1. The number of esters is 1. The zero-order valence-corrected chi connectivity index (χ0v) is 13.3. The molecule has 2 aromatic heterocycles. The molecule has 108 valence electrons. The first kappa shape index (κ1) is 14.7. The summed E-state index contributed by atoms with van der Waals surface area (Å²) in [7, 11) is 1.33. The molecule has 0 aliphatic rings. The Morgan fingerprint density at radius 2 is 1.90 bits per heavy atom. The average Bonchev–Trinajstić information content (AvgIpc) is 2.91. The van der Waals surface area contributed by atoms with Gasteiger partial charge in [-0.05, 0) is 13.8 Å². The lowest BCUT2D eigenvalue weighted by atomic mass is 9.91. The first-order valence-electron chi connectivity index (χ1n) is 6.28. The summed E-state index contributed by atoms with van der Waals surface area (Å²) in [6.45, 7) is 9.76. The van der Waals surface area contributed by atoms with Crippen molar-refractivity contribution < 1.29 is 13.9 Å². The minimum atomic E-state index is -0.507. The number of thiazole rings is 1. The lowest BCUT2D eigenvalue weighted by Gasteiger charge is -2.15. The highest BCUT2D eigenvalue weighted by Crippen LogP contribution is 2.34. The van der Waals surface area contributed by atoms with Crippen molar-refractivity contribution in [1.82, 2.24) is 9.97 Å². The Hall–Kier alpha value is -1.69. The molecule has 0 spiro atoms. The molecule has 2 rings (SSSR count). The van der Waals surface area contributed by atoms with Gasteiger partial charge in [0.05, 0.1) is 17.8 Å². The van der Waals surface area contributed by atoms with E-state index in [1.165, 1.54) is 18.4 Å². The molecule has 2 heterocycles. The second-order valence-electron chi connectivity index (χ2n) is 5.59. The van der Waals surface area contributed by atoms with Crippen LogP contribution >= 0.6 is 11.3 Å². The Labute approximate surface area is 122 Å². The summed E-state index contributed by atoms with van der Waals surface area (Å²) in [5.41, 5.74) is 1.15. The number of nitrogens with zero attached hydrogens (tertiary/aromatic N) is 2. The molecule has 0 N–H and O–H groups in total. The van der Waals surface area contributed by atoms with E-state index in [2.05, 4.69) is 9.97 Å². The van der Waals surface area contributed by atoms with Crippen molar-refractivity contribution >= 4 is 17.3 Å². The van der Waals surface area contributed by atoms with Crippen LogP contribution in [0.15, 0.2) is 4.42 Å². The molecule has 5 nitrogen and oxygen atoms in total. The molecular weight excluding hydrogens is 276 g/mol. The van der Waals surface area contributed by atoms with Gasteiger partial charge in [0.2, 0.25) is 11.7 Å². The van der Waals surface area contributed by atoms with Gasteiger partial charge >= 0.3 is 5.97 Å². The van der Waals surface area contributed by atoms with Gasteiger partial charge in [0.25, 0.3) is 0 Å². The molecule has 0 aliphatic carbocycles. The predicted molar refractivity (Wildman–Crippen MR) is 77.1 cm³/mol. The van der Waals surface area contributed by atoms with Crippen LogP contribution in [0.1, 0.15) is 47.7 Å². The normalized spacial score (nSPS) is 11.7. The first-order valence-corrected chi connectivity index (χ1v) is 7.09. The highest BCUT2D eigenvalue weighted by molar-refractivity contribution is 7.15. The molecule has 0 radical (unpaired) electrons. The summed E-state index contributed by atoms with van der Waals surface area (Å²) < 4.78 is 10.4. The molecule has 0 saturated carbocycles. The number of carbonyl (C=O) groups is 1. The van der Waals surface area contributed by atoms with Gasteiger partial charge in [0.1, 0.15) is 10.6 Å². The summed E-state index contributed by atoms with van der Waals surface area (Å²) in [4.78, 5) is 21.6. The van der Waals surface area contributed by atoms with Crippen LogP contribution < -0.4 is 0 Å². The van der Waals surface area contributed by atoms with Crippen molar-refractivity contribution in [1.29, 1.82) is 0 Å². The van der Waals surface area contributed by atoms with Crippen molar-refractivity contribution in [3.8, 4) is 10.8 Å². The quantitative estimate of drug-likeness (QED) is 0.793. The Balaban J connectivity index is 2.60. The number of hydrogen-bond donors (Lipinski definition) is 0. The molecule has 2 aromatic rings. The van der Waals surface area contributed by atoms with Crippen molar-refractivity contribution in [3.05, 3.63) is 22.2 Å². The van der Waals surface area contributed by atoms with E-state index >= 15 is 0 Å². The highest BCUT2D eigenvalue weighted by Gasteiger charge is 2.30. The predicted octanol–water partition coefficient (Wildman–Crippen LogP) is 3.50. The minimum absolute atomic E-state index is 0.167. The van der Waals surface area contributed by atoms with Gasteiger partial charge in [-0.15, -0.1) is 11.3 Å². The lowest BCUT2D eigenvalue weighted by Crippen LogP contribution is -2.17. The van der Waals surface area contributed by atoms with Gasteiger partial charge in [0, 0.05) is 5.41 Å². The smallest absolute Gasteiger partial charge is 0.376 e. The number of ether oxygens (including phenoxy) is 1. The lowest BCUT2D eigenvalue weighted by molar-refractivity contribution is 0.0562. The molecule has 0 saturated heterocycles. The van der Waals surface area contributed by atoms with Crippen LogP contribution in [0.5, 0.6) is 0 Å². The number of carbonyl (C=O) groups excluding carboxylic acids is 1. The van der Waals surface area contributed by atoms with Crippen molar-refractivity contribution in [3.63, 3.8) is 0 Å². The number of hydrogen-bond acceptors (Lipinski definition) is 6. The Bertz CT molecular complexity index is 650.